The van der Waals surface area contributed by atoms with E-state index in [1.54, 1.807) is 7.11 Å². The lowest BCUT2D eigenvalue weighted by Gasteiger charge is -2.20. The van der Waals surface area contributed by atoms with Gasteiger partial charge < -0.3 is 9.84 Å². The van der Waals surface area contributed by atoms with Gasteiger partial charge >= 0.3 is 0 Å². The summed E-state index contributed by atoms with van der Waals surface area (Å²) < 4.78 is 5.34. The van der Waals surface area contributed by atoms with Gasteiger partial charge in [0.05, 0.1) is 7.11 Å². The molecule has 1 aromatic rings. The van der Waals surface area contributed by atoms with Crippen LogP contribution in [-0.4, -0.2) is 18.8 Å². The molecular weight excluding hydrogens is 212 g/mol. The molecule has 96 valence electrons. The van der Waals surface area contributed by atoms with Gasteiger partial charge in [-0.05, 0) is 29.0 Å². The fourth-order valence-corrected chi connectivity index (χ4v) is 1.99. The number of aliphatic hydroxyl groups excluding tert-OH is 1. The van der Waals surface area contributed by atoms with Crippen molar-refractivity contribution < 1.29 is 9.84 Å². The minimum absolute atomic E-state index is 0.116. The Hall–Kier alpha value is -1.02. The van der Waals surface area contributed by atoms with Crippen LogP contribution in [0.2, 0.25) is 0 Å². The van der Waals surface area contributed by atoms with Crippen molar-refractivity contribution in [3.63, 3.8) is 0 Å². The highest BCUT2D eigenvalue weighted by molar-refractivity contribution is 5.40. The maximum atomic E-state index is 9.28. The first kappa shape index (κ1) is 14.0. The molecule has 1 rings (SSSR count). The molecule has 0 aliphatic carbocycles. The smallest absolute Gasteiger partial charge is 0.122 e. The van der Waals surface area contributed by atoms with Crippen LogP contribution in [0.3, 0.4) is 0 Å². The van der Waals surface area contributed by atoms with Gasteiger partial charge in [-0.2, -0.15) is 0 Å². The molecule has 1 N–H and O–H groups in total. The van der Waals surface area contributed by atoms with Crippen molar-refractivity contribution in [3.8, 4) is 5.75 Å². The normalized spacial score (nSPS) is 13.5. The standard InChI is InChI=1S/C15H24O2/c1-11(10-16)13-8-12(9-15(2,3)4)6-7-14(13)17-5/h6-8,11,16H,9-10H2,1-5H3. The fourth-order valence-electron chi connectivity index (χ4n) is 1.99. The van der Waals surface area contributed by atoms with Crippen molar-refractivity contribution >= 4 is 0 Å². The van der Waals surface area contributed by atoms with Crippen molar-refractivity contribution in [2.75, 3.05) is 13.7 Å². The molecule has 0 bridgehead atoms. The van der Waals surface area contributed by atoms with E-state index in [0.717, 1.165) is 17.7 Å². The summed E-state index contributed by atoms with van der Waals surface area (Å²) in [6, 6.07) is 6.27. The molecule has 0 aliphatic rings. The summed E-state index contributed by atoms with van der Waals surface area (Å²) >= 11 is 0. The van der Waals surface area contributed by atoms with Gasteiger partial charge in [0.1, 0.15) is 5.75 Å². The van der Waals surface area contributed by atoms with Gasteiger partial charge in [-0.3, -0.25) is 0 Å². The summed E-state index contributed by atoms with van der Waals surface area (Å²) in [4.78, 5) is 0. The molecule has 0 spiro atoms. The largest absolute Gasteiger partial charge is 0.496 e. The van der Waals surface area contributed by atoms with Crippen LogP contribution in [0.25, 0.3) is 0 Å². The first-order valence-corrected chi connectivity index (χ1v) is 6.15. The van der Waals surface area contributed by atoms with E-state index >= 15 is 0 Å². The number of hydrogen-bond donors (Lipinski definition) is 1. The number of hydrogen-bond acceptors (Lipinski definition) is 2. The Morgan fingerprint density at radius 1 is 1.29 bits per heavy atom. The summed E-state index contributed by atoms with van der Waals surface area (Å²) in [5.41, 5.74) is 2.67. The second kappa shape index (κ2) is 5.54. The minimum Gasteiger partial charge on any atom is -0.496 e. The molecule has 0 heterocycles. The van der Waals surface area contributed by atoms with E-state index in [-0.39, 0.29) is 17.9 Å². The zero-order valence-corrected chi connectivity index (χ0v) is 11.6. The van der Waals surface area contributed by atoms with E-state index in [0.29, 0.717) is 0 Å². The molecule has 0 fully saturated rings. The molecule has 1 aromatic carbocycles. The SMILES string of the molecule is COc1ccc(CC(C)(C)C)cc1C(C)CO. The van der Waals surface area contributed by atoms with Crippen molar-refractivity contribution in [1.82, 2.24) is 0 Å². The minimum atomic E-state index is 0.116. The molecule has 0 saturated heterocycles. The maximum absolute atomic E-state index is 9.28. The third-order valence-corrected chi connectivity index (χ3v) is 2.83. The van der Waals surface area contributed by atoms with Crippen LogP contribution in [0.15, 0.2) is 18.2 Å². The molecule has 0 saturated carbocycles. The molecule has 1 atom stereocenters. The number of aliphatic hydroxyl groups is 1. The van der Waals surface area contributed by atoms with Crippen LogP contribution in [0.1, 0.15) is 44.7 Å². The lowest BCUT2D eigenvalue weighted by molar-refractivity contribution is 0.269. The third kappa shape index (κ3) is 4.04. The van der Waals surface area contributed by atoms with E-state index in [1.807, 2.05) is 13.0 Å². The topological polar surface area (TPSA) is 29.5 Å². The van der Waals surface area contributed by atoms with E-state index < -0.39 is 0 Å². The highest BCUT2D eigenvalue weighted by atomic mass is 16.5. The molecule has 2 nitrogen and oxygen atoms in total. The Labute approximate surface area is 105 Å². The van der Waals surface area contributed by atoms with Crippen molar-refractivity contribution in [1.29, 1.82) is 0 Å². The summed E-state index contributed by atoms with van der Waals surface area (Å²) in [5, 5.41) is 9.28. The predicted molar refractivity (Wildman–Crippen MR) is 71.7 cm³/mol. The molecule has 0 aliphatic heterocycles. The van der Waals surface area contributed by atoms with Crippen LogP contribution in [-0.2, 0) is 6.42 Å². The number of ether oxygens (including phenoxy) is 1. The van der Waals surface area contributed by atoms with E-state index in [9.17, 15) is 5.11 Å². The monoisotopic (exact) mass is 236 g/mol. The van der Waals surface area contributed by atoms with Crippen molar-refractivity contribution in [2.24, 2.45) is 5.41 Å². The highest BCUT2D eigenvalue weighted by Crippen LogP contribution is 2.30. The van der Waals surface area contributed by atoms with Gasteiger partial charge in [-0.1, -0.05) is 39.8 Å². The first-order valence-electron chi connectivity index (χ1n) is 6.15. The molecule has 2 heteroatoms. The van der Waals surface area contributed by atoms with E-state index in [2.05, 4.69) is 32.9 Å². The Bertz CT molecular complexity index is 364. The lowest BCUT2D eigenvalue weighted by atomic mass is 9.86. The van der Waals surface area contributed by atoms with Gasteiger partial charge in [0.15, 0.2) is 0 Å². The Morgan fingerprint density at radius 2 is 1.94 bits per heavy atom. The molecule has 0 amide bonds. The first-order chi connectivity index (χ1) is 7.87. The third-order valence-electron chi connectivity index (χ3n) is 2.83. The summed E-state index contributed by atoms with van der Waals surface area (Å²) in [6.07, 6.45) is 1.03. The zero-order chi connectivity index (χ0) is 13.1. The van der Waals surface area contributed by atoms with Gasteiger partial charge in [0.2, 0.25) is 0 Å². The van der Waals surface area contributed by atoms with Crippen LogP contribution in [0.5, 0.6) is 5.75 Å². The van der Waals surface area contributed by atoms with Crippen molar-refractivity contribution in [3.05, 3.63) is 29.3 Å². The average Bonchev–Trinajstić information content (AvgIpc) is 2.25. The Morgan fingerprint density at radius 3 is 2.41 bits per heavy atom. The van der Waals surface area contributed by atoms with Crippen LogP contribution in [0, 0.1) is 5.41 Å². The summed E-state index contributed by atoms with van der Waals surface area (Å²) in [5.74, 6) is 0.981. The Kier molecular flexibility index (Phi) is 4.58. The fraction of sp³-hybridized carbons (Fsp3) is 0.600. The van der Waals surface area contributed by atoms with E-state index in [4.69, 9.17) is 4.74 Å². The average molecular weight is 236 g/mol. The maximum Gasteiger partial charge on any atom is 0.122 e. The molecule has 17 heavy (non-hydrogen) atoms. The summed E-state index contributed by atoms with van der Waals surface area (Å²) in [6.45, 7) is 8.85. The predicted octanol–water partition coefficient (Wildman–Crippen LogP) is 3.38. The molecule has 0 aromatic heterocycles. The zero-order valence-electron chi connectivity index (χ0n) is 11.6. The van der Waals surface area contributed by atoms with Crippen LogP contribution in [0.4, 0.5) is 0 Å². The number of benzene rings is 1. The molecular formula is C15H24O2. The van der Waals surface area contributed by atoms with E-state index in [1.165, 1.54) is 5.56 Å². The van der Waals surface area contributed by atoms with Gasteiger partial charge in [-0.25, -0.2) is 0 Å². The second-order valence-electron chi connectivity index (χ2n) is 5.90. The van der Waals surface area contributed by atoms with Gasteiger partial charge in [0, 0.05) is 12.5 Å². The van der Waals surface area contributed by atoms with Crippen LogP contribution >= 0.6 is 0 Å². The second-order valence-corrected chi connectivity index (χ2v) is 5.90. The van der Waals surface area contributed by atoms with Crippen LogP contribution < -0.4 is 4.74 Å². The number of rotatable bonds is 4. The molecule has 0 radical (unpaired) electrons. The van der Waals surface area contributed by atoms with Gasteiger partial charge in [-0.15, -0.1) is 0 Å². The lowest BCUT2D eigenvalue weighted by Crippen LogP contribution is -2.10. The Balaban J connectivity index is 3.04. The molecule has 1 unspecified atom stereocenters. The van der Waals surface area contributed by atoms with Crippen molar-refractivity contribution in [2.45, 2.75) is 40.0 Å². The quantitative estimate of drug-likeness (QED) is 0.868. The number of methoxy groups -OCH3 is 1. The van der Waals surface area contributed by atoms with Gasteiger partial charge in [0.25, 0.3) is 0 Å². The highest BCUT2D eigenvalue weighted by Gasteiger charge is 2.15. The summed E-state index contributed by atoms with van der Waals surface area (Å²) in [7, 11) is 1.67.